The predicted octanol–water partition coefficient (Wildman–Crippen LogP) is 7.92. The number of aromatic nitrogens is 1. The molecule has 2 aliphatic rings. The Morgan fingerprint density at radius 2 is 1.06 bits per heavy atom. The summed E-state index contributed by atoms with van der Waals surface area (Å²) in [6.45, 7) is 10.9. The fourth-order valence-corrected chi connectivity index (χ4v) is 8.53. The maximum Gasteiger partial charge on any atom is 0.408 e. The number of hydrogen-bond acceptors (Lipinski definition) is 9. The summed E-state index contributed by atoms with van der Waals surface area (Å²) >= 11 is 0. The van der Waals surface area contributed by atoms with Gasteiger partial charge in [0.05, 0.1) is 11.3 Å². The zero-order valence-electron chi connectivity index (χ0n) is 38.9. The lowest BCUT2D eigenvalue weighted by Gasteiger charge is -2.29. The minimum Gasteiger partial charge on any atom is -0.478 e. The largest absolute Gasteiger partial charge is 0.478 e. The first kappa shape index (κ1) is 48.2. The van der Waals surface area contributed by atoms with Crippen molar-refractivity contribution in [3.05, 3.63) is 120 Å². The molecular formula is C51H57N7O10. The van der Waals surface area contributed by atoms with E-state index < -0.39 is 77.2 Å². The van der Waals surface area contributed by atoms with E-state index in [0.29, 0.717) is 76.9 Å². The molecular weight excluding hydrogens is 871 g/mol. The molecule has 4 atom stereocenters. The number of likely N-dealkylation sites (tertiary alicyclic amines) is 2. The Bertz CT molecular complexity index is 2690. The molecule has 0 saturated carbocycles. The average molecular weight is 928 g/mol. The van der Waals surface area contributed by atoms with Gasteiger partial charge in [0.2, 0.25) is 11.8 Å². The molecule has 68 heavy (non-hydrogen) atoms. The van der Waals surface area contributed by atoms with Crippen LogP contribution in [0.4, 0.5) is 21.0 Å². The molecule has 0 bridgehead atoms. The van der Waals surface area contributed by atoms with Crippen molar-refractivity contribution in [3.63, 3.8) is 0 Å². The molecule has 2 aliphatic heterocycles. The van der Waals surface area contributed by atoms with Gasteiger partial charge in [0.25, 0.3) is 11.8 Å². The Labute approximate surface area is 393 Å². The molecule has 0 aliphatic carbocycles. The lowest BCUT2D eigenvalue weighted by atomic mass is 10.0. The standard InChI is InChI=1S/C51H57N7O10/c1-50(2,3)67-48(65)55-41(30-15-9-7-10-16-30)45(61)57-27-13-19-37(57)43(59)52-33-23-21-32(22-24-33)40-39(47(63)64)35-29-34(25-26-36(35)54-40)53-44(60)38-20-14-28-58(38)46(62)42(31-17-11-8-12-18-31)56-49(66)68-51(4,5)6/h7-12,15-18,21-26,29,37-38,41-42,54H,13-14,19-20,27-28H2,1-6H3,(H,52,59)(H,53,60)(H,55,65)(H,56,66)(H,63,64)/t37?,38-,41-,42+/m0/s1. The molecule has 0 radical (unpaired) electrons. The number of carbonyl (C=O) groups is 7. The van der Waals surface area contributed by atoms with E-state index in [1.807, 2.05) is 0 Å². The monoisotopic (exact) mass is 927 g/mol. The van der Waals surface area contributed by atoms with Gasteiger partial charge < -0.3 is 50.6 Å². The number of fused-ring (bicyclic) bond motifs is 1. The van der Waals surface area contributed by atoms with Crippen LogP contribution in [0.3, 0.4) is 0 Å². The van der Waals surface area contributed by atoms with Crippen molar-refractivity contribution in [2.45, 2.75) is 103 Å². The third-order valence-electron chi connectivity index (χ3n) is 11.5. The fraction of sp³-hybridized carbons (Fsp3) is 0.353. The Kier molecular flexibility index (Phi) is 14.2. The molecule has 2 fully saturated rings. The van der Waals surface area contributed by atoms with Crippen molar-refractivity contribution in [3.8, 4) is 11.3 Å². The number of carboxylic acid groups (broad SMARTS) is 1. The zero-order chi connectivity index (χ0) is 48.9. The van der Waals surface area contributed by atoms with Crippen LogP contribution in [-0.4, -0.2) is 98.1 Å². The minimum atomic E-state index is -1.22. The van der Waals surface area contributed by atoms with Gasteiger partial charge in [-0.3, -0.25) is 19.2 Å². The van der Waals surface area contributed by atoms with Gasteiger partial charge in [0.1, 0.15) is 35.4 Å². The average Bonchev–Trinajstić information content (AvgIpc) is 4.06. The highest BCUT2D eigenvalue weighted by molar-refractivity contribution is 6.11. The summed E-state index contributed by atoms with van der Waals surface area (Å²) in [6, 6.07) is 25.0. The van der Waals surface area contributed by atoms with E-state index in [1.54, 1.807) is 145 Å². The van der Waals surface area contributed by atoms with Crippen LogP contribution in [-0.2, 0) is 28.7 Å². The second-order valence-corrected chi connectivity index (χ2v) is 18.9. The van der Waals surface area contributed by atoms with Gasteiger partial charge >= 0.3 is 18.2 Å². The summed E-state index contributed by atoms with van der Waals surface area (Å²) in [5, 5.41) is 22.0. The molecule has 356 valence electrons. The first-order chi connectivity index (χ1) is 32.3. The zero-order valence-corrected chi connectivity index (χ0v) is 38.9. The topological polar surface area (TPSA) is 229 Å². The van der Waals surface area contributed by atoms with Crippen LogP contribution in [0.2, 0.25) is 0 Å². The SMILES string of the molecule is CC(C)(C)OC(=O)N[C@H](C(=O)N1CCCC1C(=O)Nc1ccc(-c2[nH]c3ccc(NC(=O)[C@@H]4CCCN4C(=O)[C@H](NC(=O)OC(C)(C)C)c4ccccc4)cc3c2C(=O)O)cc1)c1ccccc1. The number of nitrogens with zero attached hydrogens (tertiary/aromatic N) is 2. The van der Waals surface area contributed by atoms with Gasteiger partial charge in [-0.15, -0.1) is 0 Å². The Balaban J connectivity index is 1.04. The predicted molar refractivity (Wildman–Crippen MR) is 255 cm³/mol. The number of benzene rings is 4. The van der Waals surface area contributed by atoms with Crippen molar-refractivity contribution in [2.75, 3.05) is 23.7 Å². The number of anilines is 2. The molecule has 1 aromatic heterocycles. The maximum absolute atomic E-state index is 14.1. The van der Waals surface area contributed by atoms with Crippen molar-refractivity contribution in [1.29, 1.82) is 0 Å². The molecule has 1 unspecified atom stereocenters. The first-order valence-electron chi connectivity index (χ1n) is 22.6. The summed E-state index contributed by atoms with van der Waals surface area (Å²) < 4.78 is 10.9. The van der Waals surface area contributed by atoms with Gasteiger partial charge in [-0.1, -0.05) is 72.8 Å². The summed E-state index contributed by atoms with van der Waals surface area (Å²) in [5.41, 5.74) is 1.44. The maximum atomic E-state index is 14.1. The van der Waals surface area contributed by atoms with E-state index in [2.05, 4.69) is 26.3 Å². The van der Waals surface area contributed by atoms with Crippen molar-refractivity contribution in [1.82, 2.24) is 25.4 Å². The Hall–Kier alpha value is -7.69. The number of nitrogens with one attached hydrogen (secondary N) is 5. The molecule has 3 heterocycles. The highest BCUT2D eigenvalue weighted by Crippen LogP contribution is 2.34. The molecule has 17 heteroatoms. The first-order valence-corrected chi connectivity index (χ1v) is 22.6. The molecule has 6 N–H and O–H groups in total. The van der Waals surface area contributed by atoms with Crippen molar-refractivity contribution in [2.24, 2.45) is 0 Å². The number of ether oxygens (including phenoxy) is 2. The van der Waals surface area contributed by atoms with Crippen LogP contribution in [0, 0.1) is 0 Å². The van der Waals surface area contributed by atoms with Crippen LogP contribution in [0.15, 0.2) is 103 Å². The van der Waals surface area contributed by atoms with E-state index in [9.17, 15) is 38.7 Å². The molecule has 7 rings (SSSR count). The second-order valence-electron chi connectivity index (χ2n) is 18.9. The number of hydrogen-bond donors (Lipinski definition) is 6. The number of aromatic carboxylic acids is 1. The molecule has 4 aromatic carbocycles. The number of amides is 6. The van der Waals surface area contributed by atoms with Crippen LogP contribution in [0.5, 0.6) is 0 Å². The van der Waals surface area contributed by atoms with E-state index in [1.165, 1.54) is 9.80 Å². The van der Waals surface area contributed by atoms with Gasteiger partial charge in [0.15, 0.2) is 0 Å². The number of alkyl carbamates (subject to hydrolysis) is 2. The van der Waals surface area contributed by atoms with Crippen molar-refractivity contribution >= 4 is 64.1 Å². The van der Waals surface area contributed by atoms with Gasteiger partial charge in [0, 0.05) is 35.4 Å². The van der Waals surface area contributed by atoms with E-state index in [-0.39, 0.29) is 12.1 Å². The molecule has 17 nitrogen and oxygen atoms in total. The summed E-state index contributed by atoms with van der Waals surface area (Å²) in [6.07, 6.45) is 0.359. The molecule has 5 aromatic rings. The quantitative estimate of drug-likeness (QED) is 0.0708. The molecule has 0 spiro atoms. The Morgan fingerprint density at radius 1 is 0.618 bits per heavy atom. The Morgan fingerprint density at radius 3 is 1.50 bits per heavy atom. The van der Waals surface area contributed by atoms with Gasteiger partial charge in [-0.05, 0) is 114 Å². The highest BCUT2D eigenvalue weighted by atomic mass is 16.6. The summed E-state index contributed by atoms with van der Waals surface area (Å²) in [5.74, 6) is -3.03. The third kappa shape index (κ3) is 11.5. The van der Waals surface area contributed by atoms with Crippen LogP contribution in [0.25, 0.3) is 22.2 Å². The van der Waals surface area contributed by atoms with Gasteiger partial charge in [-0.25, -0.2) is 14.4 Å². The fourth-order valence-electron chi connectivity index (χ4n) is 8.53. The minimum absolute atomic E-state index is 0.0439. The normalized spacial score (nSPS) is 16.9. The second kappa shape index (κ2) is 20.0. The lowest BCUT2D eigenvalue weighted by Crippen LogP contribution is -2.49. The summed E-state index contributed by atoms with van der Waals surface area (Å²) in [7, 11) is 0. The van der Waals surface area contributed by atoms with E-state index in [0.717, 1.165) is 0 Å². The lowest BCUT2D eigenvalue weighted by molar-refractivity contribution is -0.138. The number of carbonyl (C=O) groups excluding carboxylic acids is 6. The third-order valence-corrected chi connectivity index (χ3v) is 11.5. The van der Waals surface area contributed by atoms with Crippen LogP contribution >= 0.6 is 0 Å². The van der Waals surface area contributed by atoms with Crippen molar-refractivity contribution < 1.29 is 48.1 Å². The number of H-pyrrole nitrogens is 1. The smallest absolute Gasteiger partial charge is 0.408 e. The van der Waals surface area contributed by atoms with E-state index in [4.69, 9.17) is 9.47 Å². The molecule has 2 saturated heterocycles. The number of carboxylic acids is 1. The van der Waals surface area contributed by atoms with E-state index >= 15 is 0 Å². The number of rotatable bonds is 12. The summed E-state index contributed by atoms with van der Waals surface area (Å²) in [4.78, 5) is 100. The number of aromatic amines is 1. The van der Waals surface area contributed by atoms with Crippen LogP contribution in [0.1, 0.15) is 101 Å². The molecule has 6 amide bonds. The van der Waals surface area contributed by atoms with Gasteiger partial charge in [-0.2, -0.15) is 0 Å². The highest BCUT2D eigenvalue weighted by Gasteiger charge is 2.40. The van der Waals surface area contributed by atoms with Crippen LogP contribution < -0.4 is 21.3 Å².